The average Bonchev–Trinajstić information content (AvgIpc) is 2.96. The first-order valence-corrected chi connectivity index (χ1v) is 8.40. The molecule has 0 saturated heterocycles. The second-order valence-corrected chi connectivity index (χ2v) is 6.99. The van der Waals surface area contributed by atoms with Crippen LogP contribution in [0.15, 0.2) is 11.0 Å². The fraction of sp³-hybridized carbons (Fsp3) is 0.400. The van der Waals surface area contributed by atoms with Gasteiger partial charge < -0.3 is 4.98 Å². The van der Waals surface area contributed by atoms with Gasteiger partial charge in [0, 0.05) is 22.7 Å². The van der Waals surface area contributed by atoms with Crippen LogP contribution in [0.3, 0.4) is 0 Å². The van der Waals surface area contributed by atoms with Gasteiger partial charge >= 0.3 is 0 Å². The summed E-state index contributed by atoms with van der Waals surface area (Å²) in [5, 5.41) is 5.08. The highest BCUT2D eigenvalue weighted by atomic mass is 32.1. The van der Waals surface area contributed by atoms with Gasteiger partial charge in [-0.3, -0.25) is 14.0 Å². The molecule has 0 aliphatic heterocycles. The molecule has 0 unspecified atom stereocenters. The molecule has 0 bridgehead atoms. The Labute approximate surface area is 137 Å². The smallest absolute Gasteiger partial charge is 0.263 e. The number of aryl methyl sites for hydroxylation is 3. The third-order valence-electron chi connectivity index (χ3n) is 4.14. The number of thiophene rings is 1. The lowest BCUT2D eigenvalue weighted by Gasteiger charge is -2.07. The summed E-state index contributed by atoms with van der Waals surface area (Å²) in [6.07, 6.45) is 1.82. The number of H-pyrrole nitrogens is 1. The van der Waals surface area contributed by atoms with Gasteiger partial charge in [-0.15, -0.1) is 11.3 Å². The number of aromatic nitrogens is 4. The van der Waals surface area contributed by atoms with E-state index >= 15 is 0 Å². The summed E-state index contributed by atoms with van der Waals surface area (Å²) in [6.45, 7) is 9.33. The molecule has 3 rings (SSSR count). The lowest BCUT2D eigenvalue weighted by atomic mass is 10.2. The molecule has 7 heteroatoms. The maximum Gasteiger partial charge on any atom is 0.263 e. The molecule has 0 radical (unpaired) electrons. The molecule has 3 aromatic rings. The first-order chi connectivity index (χ1) is 10.4. The van der Waals surface area contributed by atoms with E-state index in [1.807, 2.05) is 38.6 Å². The lowest BCUT2D eigenvalue weighted by molar-refractivity contribution is 0.635. The molecular weight excluding hydrogens is 316 g/mol. The Morgan fingerprint density at radius 1 is 1.36 bits per heavy atom. The van der Waals surface area contributed by atoms with E-state index in [2.05, 4.69) is 10.1 Å². The van der Waals surface area contributed by atoms with E-state index in [-0.39, 0.29) is 5.56 Å². The zero-order chi connectivity index (χ0) is 16.0. The van der Waals surface area contributed by atoms with E-state index < -0.39 is 0 Å². The van der Waals surface area contributed by atoms with Gasteiger partial charge in [0.25, 0.3) is 5.56 Å². The third-order valence-corrected chi connectivity index (χ3v) is 5.59. The summed E-state index contributed by atoms with van der Waals surface area (Å²) in [5.41, 5.74) is 3.10. The van der Waals surface area contributed by atoms with Gasteiger partial charge in [-0.1, -0.05) is 0 Å². The Morgan fingerprint density at radius 3 is 2.73 bits per heavy atom. The number of fused-ring (bicyclic) bond motifs is 1. The molecule has 0 fully saturated rings. The Hall–Kier alpha value is -1.73. The highest BCUT2D eigenvalue weighted by molar-refractivity contribution is 7.71. The molecule has 0 atom stereocenters. The SMILES string of the molecule is CCn1ncc(Cn2c(=S)[nH]c3sc(C)c(C)c3c2=O)c1C. The van der Waals surface area contributed by atoms with E-state index in [9.17, 15) is 4.79 Å². The van der Waals surface area contributed by atoms with Crippen LogP contribution in [-0.4, -0.2) is 19.3 Å². The number of nitrogens with one attached hydrogen (secondary N) is 1. The summed E-state index contributed by atoms with van der Waals surface area (Å²) in [7, 11) is 0. The molecule has 3 heterocycles. The average molecular weight is 334 g/mol. The van der Waals surface area contributed by atoms with Crippen molar-refractivity contribution in [2.24, 2.45) is 0 Å². The van der Waals surface area contributed by atoms with Gasteiger partial charge in [0.2, 0.25) is 0 Å². The van der Waals surface area contributed by atoms with E-state index in [0.29, 0.717) is 11.3 Å². The van der Waals surface area contributed by atoms with Crippen LogP contribution in [0.25, 0.3) is 10.2 Å². The zero-order valence-corrected chi connectivity index (χ0v) is 14.7. The Bertz CT molecular complexity index is 974. The molecule has 22 heavy (non-hydrogen) atoms. The van der Waals surface area contributed by atoms with Crippen LogP contribution in [0.1, 0.15) is 28.6 Å². The summed E-state index contributed by atoms with van der Waals surface area (Å²) in [5.74, 6) is 0. The molecule has 0 saturated carbocycles. The maximum atomic E-state index is 12.8. The van der Waals surface area contributed by atoms with E-state index in [0.717, 1.165) is 38.5 Å². The largest absolute Gasteiger partial charge is 0.323 e. The Kier molecular flexibility index (Phi) is 3.78. The van der Waals surface area contributed by atoms with Crippen LogP contribution < -0.4 is 5.56 Å². The Morgan fingerprint density at radius 2 is 2.09 bits per heavy atom. The maximum absolute atomic E-state index is 12.8. The van der Waals surface area contributed by atoms with Crippen molar-refractivity contribution in [1.82, 2.24) is 19.3 Å². The molecule has 0 aliphatic carbocycles. The van der Waals surface area contributed by atoms with Crippen LogP contribution in [0.4, 0.5) is 0 Å². The van der Waals surface area contributed by atoms with Crippen LogP contribution in [0.5, 0.6) is 0 Å². The molecule has 0 aromatic carbocycles. The van der Waals surface area contributed by atoms with Crippen molar-refractivity contribution in [3.63, 3.8) is 0 Å². The molecule has 5 nitrogen and oxygen atoms in total. The number of hydrogen-bond donors (Lipinski definition) is 1. The van der Waals surface area contributed by atoms with Crippen molar-refractivity contribution in [1.29, 1.82) is 0 Å². The van der Waals surface area contributed by atoms with Gasteiger partial charge in [0.1, 0.15) is 4.83 Å². The first kappa shape index (κ1) is 15.2. The van der Waals surface area contributed by atoms with Gasteiger partial charge in [-0.05, 0) is 45.5 Å². The summed E-state index contributed by atoms with van der Waals surface area (Å²) in [6, 6.07) is 0. The summed E-state index contributed by atoms with van der Waals surface area (Å²) >= 11 is 6.96. The number of rotatable bonds is 3. The highest BCUT2D eigenvalue weighted by Crippen LogP contribution is 2.25. The van der Waals surface area contributed by atoms with Crippen molar-refractivity contribution in [2.75, 3.05) is 0 Å². The van der Waals surface area contributed by atoms with E-state index in [1.165, 1.54) is 0 Å². The molecular formula is C15H18N4OS2. The monoisotopic (exact) mass is 334 g/mol. The summed E-state index contributed by atoms with van der Waals surface area (Å²) in [4.78, 5) is 18.0. The van der Waals surface area contributed by atoms with Crippen LogP contribution in [0.2, 0.25) is 0 Å². The van der Waals surface area contributed by atoms with Crippen molar-refractivity contribution < 1.29 is 0 Å². The van der Waals surface area contributed by atoms with Crippen LogP contribution in [-0.2, 0) is 13.1 Å². The summed E-state index contributed by atoms with van der Waals surface area (Å²) < 4.78 is 4.01. The molecule has 3 aromatic heterocycles. The normalized spacial score (nSPS) is 11.5. The number of hydrogen-bond acceptors (Lipinski definition) is 4. The van der Waals surface area contributed by atoms with Gasteiger partial charge in [0.15, 0.2) is 4.77 Å². The number of nitrogens with zero attached hydrogens (tertiary/aromatic N) is 3. The van der Waals surface area contributed by atoms with Crippen molar-refractivity contribution in [3.8, 4) is 0 Å². The van der Waals surface area contributed by atoms with E-state index in [4.69, 9.17) is 12.2 Å². The standard InChI is InChI=1S/C15H18N4OS2/c1-5-19-9(3)11(6-16-19)7-18-14(20)12-8(2)10(4)22-13(12)17-15(18)21/h6H,5,7H2,1-4H3,(H,17,21). The topological polar surface area (TPSA) is 55.6 Å². The van der Waals surface area contributed by atoms with Crippen molar-refractivity contribution in [2.45, 2.75) is 40.8 Å². The molecule has 1 N–H and O–H groups in total. The van der Waals surface area contributed by atoms with Crippen LogP contribution >= 0.6 is 23.6 Å². The Balaban J connectivity index is 2.18. The predicted molar refractivity (Wildman–Crippen MR) is 92.5 cm³/mol. The minimum absolute atomic E-state index is 0.0238. The minimum Gasteiger partial charge on any atom is -0.323 e. The van der Waals surface area contributed by atoms with Crippen LogP contribution in [0, 0.1) is 25.5 Å². The molecule has 0 aliphatic rings. The van der Waals surface area contributed by atoms with Crippen molar-refractivity contribution >= 4 is 33.8 Å². The van der Waals surface area contributed by atoms with Crippen molar-refractivity contribution in [3.05, 3.63) is 43.0 Å². The second kappa shape index (κ2) is 5.48. The number of aromatic amines is 1. The fourth-order valence-corrected chi connectivity index (χ4v) is 4.00. The van der Waals surface area contributed by atoms with E-state index in [1.54, 1.807) is 15.9 Å². The highest BCUT2D eigenvalue weighted by Gasteiger charge is 2.14. The first-order valence-electron chi connectivity index (χ1n) is 7.18. The molecule has 116 valence electrons. The zero-order valence-electron chi connectivity index (χ0n) is 13.1. The lowest BCUT2D eigenvalue weighted by Crippen LogP contribution is -2.23. The molecule has 0 amide bonds. The van der Waals surface area contributed by atoms with Gasteiger partial charge in [-0.2, -0.15) is 5.10 Å². The second-order valence-electron chi connectivity index (χ2n) is 5.38. The quantitative estimate of drug-likeness (QED) is 0.748. The van der Waals surface area contributed by atoms with Gasteiger partial charge in [0.05, 0.1) is 18.1 Å². The van der Waals surface area contributed by atoms with Gasteiger partial charge in [-0.25, -0.2) is 0 Å². The predicted octanol–water partition coefficient (Wildman–Crippen LogP) is 3.31. The minimum atomic E-state index is -0.0238. The third kappa shape index (κ3) is 2.24. The fourth-order valence-electron chi connectivity index (χ4n) is 2.64. The molecule has 0 spiro atoms.